The summed E-state index contributed by atoms with van der Waals surface area (Å²) in [4.78, 5) is 12.5. The van der Waals surface area contributed by atoms with Gasteiger partial charge in [0.05, 0.1) is 0 Å². The van der Waals surface area contributed by atoms with E-state index in [4.69, 9.17) is 0 Å². The molecule has 2 nitrogen and oxygen atoms in total. The van der Waals surface area contributed by atoms with Crippen molar-refractivity contribution in [2.75, 3.05) is 5.33 Å². The summed E-state index contributed by atoms with van der Waals surface area (Å²) in [5.74, 6) is 0.562. The van der Waals surface area contributed by atoms with Crippen LogP contribution >= 0.6 is 15.9 Å². The number of carbonyl (C=O) groups is 1. The standard InChI is InChI=1S/C15H23BrO2/c1-9(2)11-7-15(8-16)10(3)5-4-6-12(15)14(18)13(11)17/h10-13,17H,1,4-8H2,2-3H3. The van der Waals surface area contributed by atoms with Gasteiger partial charge in [-0.05, 0) is 31.1 Å². The van der Waals surface area contributed by atoms with E-state index in [9.17, 15) is 9.90 Å². The molecule has 2 aliphatic rings. The molecule has 1 N–H and O–H groups in total. The molecule has 5 atom stereocenters. The molecule has 2 aliphatic carbocycles. The van der Waals surface area contributed by atoms with Crippen molar-refractivity contribution in [1.82, 2.24) is 0 Å². The van der Waals surface area contributed by atoms with E-state index >= 15 is 0 Å². The number of hydrogen-bond donors (Lipinski definition) is 1. The largest absolute Gasteiger partial charge is 0.385 e. The first-order valence-corrected chi connectivity index (χ1v) is 7.99. The van der Waals surface area contributed by atoms with Gasteiger partial charge in [-0.1, -0.05) is 47.8 Å². The van der Waals surface area contributed by atoms with Crippen molar-refractivity contribution in [3.05, 3.63) is 12.2 Å². The molecule has 102 valence electrons. The average molecular weight is 315 g/mol. The molecule has 0 aliphatic heterocycles. The second-order valence-electron chi connectivity index (χ2n) is 6.26. The van der Waals surface area contributed by atoms with Gasteiger partial charge in [0.2, 0.25) is 0 Å². The quantitative estimate of drug-likeness (QED) is 0.627. The van der Waals surface area contributed by atoms with Crippen molar-refractivity contribution in [2.45, 2.75) is 45.6 Å². The molecule has 0 aromatic carbocycles. The number of aliphatic hydroxyl groups is 1. The normalized spacial score (nSPS) is 44.6. The van der Waals surface area contributed by atoms with Gasteiger partial charge in [0, 0.05) is 17.2 Å². The van der Waals surface area contributed by atoms with Gasteiger partial charge in [-0.2, -0.15) is 0 Å². The number of carbonyl (C=O) groups excluding carboxylic acids is 1. The van der Waals surface area contributed by atoms with Crippen molar-refractivity contribution in [3.8, 4) is 0 Å². The molecule has 0 aromatic heterocycles. The zero-order valence-corrected chi connectivity index (χ0v) is 12.9. The maximum absolute atomic E-state index is 12.5. The molecule has 0 radical (unpaired) electrons. The zero-order valence-electron chi connectivity index (χ0n) is 11.3. The van der Waals surface area contributed by atoms with Crippen molar-refractivity contribution in [2.24, 2.45) is 23.2 Å². The molecule has 2 saturated carbocycles. The smallest absolute Gasteiger partial charge is 0.165 e. The molecule has 5 unspecified atom stereocenters. The van der Waals surface area contributed by atoms with E-state index in [2.05, 4.69) is 29.4 Å². The summed E-state index contributed by atoms with van der Waals surface area (Å²) < 4.78 is 0. The Morgan fingerprint density at radius 1 is 1.56 bits per heavy atom. The summed E-state index contributed by atoms with van der Waals surface area (Å²) in [5.41, 5.74) is 0.963. The Morgan fingerprint density at radius 3 is 2.78 bits per heavy atom. The second kappa shape index (κ2) is 5.09. The summed E-state index contributed by atoms with van der Waals surface area (Å²) in [6.45, 7) is 8.15. The lowest BCUT2D eigenvalue weighted by Crippen LogP contribution is -2.56. The van der Waals surface area contributed by atoms with Crippen LogP contribution in [0.25, 0.3) is 0 Å². The van der Waals surface area contributed by atoms with Crippen LogP contribution in [-0.4, -0.2) is 22.3 Å². The molecule has 18 heavy (non-hydrogen) atoms. The minimum atomic E-state index is -0.829. The predicted octanol–water partition coefficient (Wildman–Crippen LogP) is 3.33. The van der Waals surface area contributed by atoms with Gasteiger partial charge in [-0.25, -0.2) is 0 Å². The van der Waals surface area contributed by atoms with Gasteiger partial charge < -0.3 is 5.11 Å². The van der Waals surface area contributed by atoms with Crippen LogP contribution in [0.5, 0.6) is 0 Å². The topological polar surface area (TPSA) is 37.3 Å². The van der Waals surface area contributed by atoms with E-state index in [1.807, 2.05) is 6.92 Å². The van der Waals surface area contributed by atoms with Crippen LogP contribution in [0.3, 0.4) is 0 Å². The number of ketones is 1. The molecule has 2 fully saturated rings. The number of halogens is 1. The molecular weight excluding hydrogens is 292 g/mol. The Bertz CT molecular complexity index is 366. The Labute approximate surface area is 118 Å². The molecule has 0 amide bonds. The van der Waals surface area contributed by atoms with E-state index < -0.39 is 6.10 Å². The number of aliphatic hydroxyl groups excluding tert-OH is 1. The van der Waals surface area contributed by atoms with Crippen molar-refractivity contribution in [3.63, 3.8) is 0 Å². The summed E-state index contributed by atoms with van der Waals surface area (Å²) in [7, 11) is 0. The molecule has 0 aromatic rings. The minimum Gasteiger partial charge on any atom is -0.385 e. The molecule has 2 rings (SSSR count). The fourth-order valence-corrected chi connectivity index (χ4v) is 5.14. The van der Waals surface area contributed by atoms with Gasteiger partial charge in [-0.15, -0.1) is 0 Å². The van der Waals surface area contributed by atoms with Gasteiger partial charge >= 0.3 is 0 Å². The first-order valence-electron chi connectivity index (χ1n) is 6.87. The maximum Gasteiger partial charge on any atom is 0.165 e. The van der Waals surface area contributed by atoms with E-state index in [1.165, 1.54) is 6.42 Å². The number of fused-ring (bicyclic) bond motifs is 1. The molecule has 0 bridgehead atoms. The molecule has 0 heterocycles. The summed E-state index contributed by atoms with van der Waals surface area (Å²) >= 11 is 3.64. The van der Waals surface area contributed by atoms with Gasteiger partial charge in [0.1, 0.15) is 6.10 Å². The van der Waals surface area contributed by atoms with Gasteiger partial charge in [0.15, 0.2) is 5.78 Å². The molecule has 0 saturated heterocycles. The Hall–Kier alpha value is -0.150. The SMILES string of the molecule is C=C(C)C1CC2(CBr)C(C)CCCC2C(=O)C1O. The van der Waals surface area contributed by atoms with Gasteiger partial charge in [0.25, 0.3) is 0 Å². The highest BCUT2D eigenvalue weighted by molar-refractivity contribution is 9.09. The highest BCUT2D eigenvalue weighted by Crippen LogP contribution is 2.55. The Kier molecular flexibility index (Phi) is 4.03. The molecular formula is C15H23BrO2. The monoisotopic (exact) mass is 314 g/mol. The van der Waals surface area contributed by atoms with Crippen LogP contribution in [0.2, 0.25) is 0 Å². The first-order chi connectivity index (χ1) is 8.44. The number of hydrogen-bond acceptors (Lipinski definition) is 2. The number of rotatable bonds is 2. The predicted molar refractivity (Wildman–Crippen MR) is 76.7 cm³/mol. The maximum atomic E-state index is 12.5. The summed E-state index contributed by atoms with van der Waals surface area (Å²) in [5, 5.41) is 11.1. The third kappa shape index (κ3) is 2.00. The highest BCUT2D eigenvalue weighted by atomic mass is 79.9. The third-order valence-electron chi connectivity index (χ3n) is 5.30. The Morgan fingerprint density at radius 2 is 2.22 bits per heavy atom. The fraction of sp³-hybridized carbons (Fsp3) is 0.800. The fourth-order valence-electron chi connectivity index (χ4n) is 3.96. The lowest BCUT2D eigenvalue weighted by molar-refractivity contribution is -0.150. The lowest BCUT2D eigenvalue weighted by Gasteiger charge is -2.53. The van der Waals surface area contributed by atoms with Crippen LogP contribution in [0.1, 0.15) is 39.5 Å². The van der Waals surface area contributed by atoms with E-state index in [1.54, 1.807) is 0 Å². The van der Waals surface area contributed by atoms with Crippen LogP contribution < -0.4 is 0 Å². The summed E-state index contributed by atoms with van der Waals surface area (Å²) in [6, 6.07) is 0. The van der Waals surface area contributed by atoms with Crippen molar-refractivity contribution < 1.29 is 9.90 Å². The third-order valence-corrected chi connectivity index (χ3v) is 6.35. The molecule has 3 heteroatoms. The molecule has 0 spiro atoms. The van der Waals surface area contributed by atoms with Crippen molar-refractivity contribution in [1.29, 1.82) is 0 Å². The summed E-state index contributed by atoms with van der Waals surface area (Å²) in [6.07, 6.45) is 3.30. The van der Waals surface area contributed by atoms with Crippen LogP contribution in [0, 0.1) is 23.2 Å². The minimum absolute atomic E-state index is 0.0260. The number of Topliss-reactive ketones (excluding diaryl/α,β-unsaturated/α-hetero) is 1. The van der Waals surface area contributed by atoms with E-state index in [-0.39, 0.29) is 23.0 Å². The zero-order chi connectivity index (χ0) is 13.5. The Balaban J connectivity index is 2.39. The average Bonchev–Trinajstić information content (AvgIpc) is 2.34. The highest BCUT2D eigenvalue weighted by Gasteiger charge is 2.55. The van der Waals surface area contributed by atoms with Crippen LogP contribution in [-0.2, 0) is 4.79 Å². The van der Waals surface area contributed by atoms with Crippen LogP contribution in [0.15, 0.2) is 12.2 Å². The van der Waals surface area contributed by atoms with Gasteiger partial charge in [-0.3, -0.25) is 4.79 Å². The van der Waals surface area contributed by atoms with E-state index in [0.717, 1.165) is 30.2 Å². The number of alkyl halides is 1. The first kappa shape index (κ1) is 14.3. The lowest BCUT2D eigenvalue weighted by atomic mass is 9.52. The second-order valence-corrected chi connectivity index (χ2v) is 6.82. The van der Waals surface area contributed by atoms with E-state index in [0.29, 0.717) is 5.92 Å². The van der Waals surface area contributed by atoms with Crippen molar-refractivity contribution >= 4 is 21.7 Å². The van der Waals surface area contributed by atoms with Crippen LogP contribution in [0.4, 0.5) is 0 Å².